The van der Waals surface area contributed by atoms with Crippen molar-refractivity contribution in [2.45, 2.75) is 25.8 Å². The second-order valence-electron chi connectivity index (χ2n) is 3.77. The number of nitrogens with two attached hydrogens (primary N) is 1. The Hall–Kier alpha value is -1.02. The van der Waals surface area contributed by atoms with Gasteiger partial charge in [0.25, 0.3) is 0 Å². The van der Waals surface area contributed by atoms with Gasteiger partial charge in [-0.3, -0.25) is 0 Å². The van der Waals surface area contributed by atoms with Gasteiger partial charge in [0, 0.05) is 17.5 Å². The first-order valence-corrected chi connectivity index (χ1v) is 4.68. The van der Waals surface area contributed by atoms with Gasteiger partial charge in [-0.25, -0.2) is 0 Å². The highest BCUT2D eigenvalue weighted by molar-refractivity contribution is 5.46. The Labute approximate surface area is 78.7 Å². The summed E-state index contributed by atoms with van der Waals surface area (Å²) in [6.45, 7) is 4.84. The average molecular weight is 177 g/mol. The highest BCUT2D eigenvalue weighted by atomic mass is 16.5. The first-order chi connectivity index (χ1) is 6.20. The van der Waals surface area contributed by atoms with E-state index >= 15 is 0 Å². The molecule has 2 N–H and O–H groups in total. The van der Waals surface area contributed by atoms with E-state index in [-0.39, 0.29) is 6.04 Å². The van der Waals surface area contributed by atoms with Crippen molar-refractivity contribution in [3.63, 3.8) is 0 Å². The summed E-state index contributed by atoms with van der Waals surface area (Å²) < 4.78 is 5.62. The molecule has 0 bridgehead atoms. The Balaban J connectivity index is 2.43. The Morgan fingerprint density at radius 1 is 1.54 bits per heavy atom. The highest BCUT2D eigenvalue weighted by Gasteiger charge is 2.27. The SMILES string of the molecule is Cc1cccc2c1OCC2C(C)N. The molecule has 0 radical (unpaired) electrons. The van der Waals surface area contributed by atoms with Crippen molar-refractivity contribution in [1.82, 2.24) is 0 Å². The van der Waals surface area contributed by atoms with Crippen molar-refractivity contribution < 1.29 is 4.74 Å². The van der Waals surface area contributed by atoms with E-state index < -0.39 is 0 Å². The summed E-state index contributed by atoms with van der Waals surface area (Å²) in [5, 5.41) is 0. The summed E-state index contributed by atoms with van der Waals surface area (Å²) in [6, 6.07) is 6.42. The molecule has 2 atom stereocenters. The maximum Gasteiger partial charge on any atom is 0.125 e. The van der Waals surface area contributed by atoms with Crippen LogP contribution in [-0.4, -0.2) is 12.6 Å². The molecule has 1 heterocycles. The van der Waals surface area contributed by atoms with Crippen LogP contribution < -0.4 is 10.5 Å². The van der Waals surface area contributed by atoms with Crippen molar-refractivity contribution in [3.8, 4) is 5.75 Å². The normalized spacial score (nSPS) is 22.2. The van der Waals surface area contributed by atoms with Crippen LogP contribution in [0.2, 0.25) is 0 Å². The van der Waals surface area contributed by atoms with Crippen molar-refractivity contribution in [2.75, 3.05) is 6.61 Å². The van der Waals surface area contributed by atoms with Crippen molar-refractivity contribution in [1.29, 1.82) is 0 Å². The number of hydrogen-bond donors (Lipinski definition) is 1. The molecule has 2 nitrogen and oxygen atoms in total. The lowest BCUT2D eigenvalue weighted by Gasteiger charge is -2.12. The zero-order chi connectivity index (χ0) is 9.42. The summed E-state index contributed by atoms with van der Waals surface area (Å²) in [5.74, 6) is 1.42. The predicted molar refractivity (Wildman–Crippen MR) is 53.1 cm³/mol. The first-order valence-electron chi connectivity index (χ1n) is 4.68. The Morgan fingerprint density at radius 3 is 3.00 bits per heavy atom. The Bertz CT molecular complexity index is 320. The summed E-state index contributed by atoms with van der Waals surface area (Å²) >= 11 is 0. The molecule has 70 valence electrons. The lowest BCUT2D eigenvalue weighted by Crippen LogP contribution is -2.25. The molecule has 0 aliphatic carbocycles. The lowest BCUT2D eigenvalue weighted by atomic mass is 9.94. The van der Waals surface area contributed by atoms with Crippen LogP contribution in [0, 0.1) is 6.92 Å². The van der Waals surface area contributed by atoms with Gasteiger partial charge in [-0.2, -0.15) is 0 Å². The fourth-order valence-corrected chi connectivity index (χ4v) is 1.86. The number of ether oxygens (including phenoxy) is 1. The van der Waals surface area contributed by atoms with Gasteiger partial charge in [-0.15, -0.1) is 0 Å². The summed E-state index contributed by atoms with van der Waals surface area (Å²) in [7, 11) is 0. The molecule has 1 aromatic carbocycles. The minimum Gasteiger partial charge on any atom is -0.492 e. The van der Waals surface area contributed by atoms with Crippen LogP contribution in [0.25, 0.3) is 0 Å². The third-order valence-corrected chi connectivity index (χ3v) is 2.68. The minimum atomic E-state index is 0.169. The molecule has 1 aliphatic heterocycles. The molecular weight excluding hydrogens is 162 g/mol. The van der Waals surface area contributed by atoms with E-state index in [0.29, 0.717) is 5.92 Å². The second kappa shape index (κ2) is 3.04. The van der Waals surface area contributed by atoms with Crippen LogP contribution in [0.3, 0.4) is 0 Å². The van der Waals surface area contributed by atoms with Crippen LogP contribution in [0.1, 0.15) is 24.0 Å². The summed E-state index contributed by atoms with van der Waals surface area (Å²) in [6.07, 6.45) is 0. The molecule has 0 aromatic heterocycles. The number of para-hydroxylation sites is 1. The number of hydrogen-bond acceptors (Lipinski definition) is 2. The van der Waals surface area contributed by atoms with Crippen molar-refractivity contribution >= 4 is 0 Å². The lowest BCUT2D eigenvalue weighted by molar-refractivity contribution is 0.316. The van der Waals surface area contributed by atoms with Crippen molar-refractivity contribution in [2.24, 2.45) is 5.73 Å². The van der Waals surface area contributed by atoms with Crippen molar-refractivity contribution in [3.05, 3.63) is 29.3 Å². The van der Waals surface area contributed by atoms with E-state index in [2.05, 4.69) is 25.1 Å². The Kier molecular flexibility index (Phi) is 2.00. The summed E-state index contributed by atoms with van der Waals surface area (Å²) in [5.41, 5.74) is 8.36. The third kappa shape index (κ3) is 1.31. The molecule has 1 aromatic rings. The third-order valence-electron chi connectivity index (χ3n) is 2.68. The van der Waals surface area contributed by atoms with Gasteiger partial charge in [0.15, 0.2) is 0 Å². The van der Waals surface area contributed by atoms with Gasteiger partial charge in [0.2, 0.25) is 0 Å². The average Bonchev–Trinajstić information content (AvgIpc) is 2.48. The van der Waals surface area contributed by atoms with E-state index in [0.717, 1.165) is 12.4 Å². The van der Waals surface area contributed by atoms with E-state index in [1.807, 2.05) is 6.92 Å². The molecule has 0 fully saturated rings. The largest absolute Gasteiger partial charge is 0.492 e. The standard InChI is InChI=1S/C11H15NO/c1-7-4-3-5-9-10(8(2)12)6-13-11(7)9/h3-5,8,10H,6,12H2,1-2H3. The monoisotopic (exact) mass is 177 g/mol. The van der Waals surface area contributed by atoms with Gasteiger partial charge in [0.05, 0.1) is 6.61 Å². The van der Waals surface area contributed by atoms with Crippen LogP contribution in [0.5, 0.6) is 5.75 Å². The fraction of sp³-hybridized carbons (Fsp3) is 0.455. The summed E-state index contributed by atoms with van der Waals surface area (Å²) in [4.78, 5) is 0. The highest BCUT2D eigenvalue weighted by Crippen LogP contribution is 2.37. The molecule has 0 amide bonds. The number of benzene rings is 1. The zero-order valence-electron chi connectivity index (χ0n) is 8.08. The van der Waals surface area contributed by atoms with E-state index in [4.69, 9.17) is 10.5 Å². The van der Waals surface area contributed by atoms with Crippen LogP contribution in [0.15, 0.2) is 18.2 Å². The molecule has 0 spiro atoms. The number of aryl methyl sites for hydroxylation is 1. The molecule has 0 saturated carbocycles. The number of rotatable bonds is 1. The molecule has 2 rings (SSSR count). The molecule has 1 aliphatic rings. The van der Waals surface area contributed by atoms with Gasteiger partial charge in [0.1, 0.15) is 5.75 Å². The van der Waals surface area contributed by atoms with Gasteiger partial charge >= 0.3 is 0 Å². The molecule has 2 heteroatoms. The van der Waals surface area contributed by atoms with E-state index in [1.165, 1.54) is 11.1 Å². The maximum absolute atomic E-state index is 5.88. The smallest absolute Gasteiger partial charge is 0.125 e. The minimum absolute atomic E-state index is 0.169. The van der Waals surface area contributed by atoms with Crippen LogP contribution in [0.4, 0.5) is 0 Å². The Morgan fingerprint density at radius 2 is 2.31 bits per heavy atom. The molecular formula is C11H15NO. The van der Waals surface area contributed by atoms with Gasteiger partial charge < -0.3 is 10.5 Å². The predicted octanol–water partition coefficient (Wildman–Crippen LogP) is 1.82. The van der Waals surface area contributed by atoms with Crippen LogP contribution >= 0.6 is 0 Å². The zero-order valence-corrected chi connectivity index (χ0v) is 8.08. The van der Waals surface area contributed by atoms with Gasteiger partial charge in [-0.05, 0) is 19.4 Å². The topological polar surface area (TPSA) is 35.2 Å². The molecule has 0 saturated heterocycles. The molecule has 13 heavy (non-hydrogen) atoms. The second-order valence-corrected chi connectivity index (χ2v) is 3.77. The van der Waals surface area contributed by atoms with E-state index in [1.54, 1.807) is 0 Å². The first kappa shape index (κ1) is 8.57. The number of fused-ring (bicyclic) bond motifs is 1. The fourth-order valence-electron chi connectivity index (χ4n) is 1.86. The van der Waals surface area contributed by atoms with Gasteiger partial charge in [-0.1, -0.05) is 18.2 Å². The maximum atomic E-state index is 5.88. The van der Waals surface area contributed by atoms with Crippen LogP contribution in [-0.2, 0) is 0 Å². The quantitative estimate of drug-likeness (QED) is 0.710. The van der Waals surface area contributed by atoms with E-state index in [9.17, 15) is 0 Å². The molecule has 2 unspecified atom stereocenters.